The summed E-state index contributed by atoms with van der Waals surface area (Å²) in [5.74, 6) is 1.99. The van der Waals surface area contributed by atoms with Crippen molar-refractivity contribution in [3.05, 3.63) is 95.1 Å². The number of phenolic OH excluding ortho intramolecular Hbond substituents is 1. The van der Waals surface area contributed by atoms with Crippen LogP contribution in [-0.2, 0) is 18.3 Å². The number of carbonyl (C=O) groups is 1. The summed E-state index contributed by atoms with van der Waals surface area (Å²) in [6.45, 7) is 2.73. The van der Waals surface area contributed by atoms with Crippen LogP contribution >= 0.6 is 0 Å². The van der Waals surface area contributed by atoms with Gasteiger partial charge in [0, 0.05) is 36.0 Å². The Morgan fingerprint density at radius 3 is 2.51 bits per heavy atom. The average molecular weight is 549 g/mol. The average Bonchev–Trinajstić information content (AvgIpc) is 3.74. The van der Waals surface area contributed by atoms with Crippen LogP contribution in [-0.4, -0.2) is 58.9 Å². The summed E-state index contributed by atoms with van der Waals surface area (Å²) in [5, 5.41) is 23.7. The number of nitrogens with one attached hydrogen (secondary N) is 1. The van der Waals surface area contributed by atoms with E-state index in [4.69, 9.17) is 4.74 Å². The fourth-order valence-corrected chi connectivity index (χ4v) is 8.12. The van der Waals surface area contributed by atoms with Crippen LogP contribution < -0.4 is 10.1 Å². The van der Waals surface area contributed by atoms with Crippen LogP contribution in [0.25, 0.3) is 11.1 Å². The van der Waals surface area contributed by atoms with Crippen molar-refractivity contribution < 1.29 is 19.7 Å². The van der Waals surface area contributed by atoms with Gasteiger partial charge in [-0.15, -0.1) is 0 Å². The molecule has 6 nitrogen and oxygen atoms in total. The van der Waals surface area contributed by atoms with Gasteiger partial charge in [0.15, 0.2) is 0 Å². The summed E-state index contributed by atoms with van der Waals surface area (Å²) in [6, 6.07) is 20.0. The molecule has 1 spiro atoms. The molecule has 3 N–H and O–H groups in total. The lowest BCUT2D eigenvalue weighted by atomic mass is 9.53. The molecule has 2 bridgehead atoms. The Morgan fingerprint density at radius 2 is 1.76 bits per heavy atom. The largest absolute Gasteiger partial charge is 0.508 e. The topological polar surface area (TPSA) is 82.0 Å². The molecular weight excluding hydrogens is 512 g/mol. The first-order valence-electron chi connectivity index (χ1n) is 15.1. The third-order valence-corrected chi connectivity index (χ3v) is 10.3. The summed E-state index contributed by atoms with van der Waals surface area (Å²) in [6.07, 6.45) is 8.54. The van der Waals surface area contributed by atoms with Crippen molar-refractivity contribution in [2.24, 2.45) is 11.8 Å². The monoisotopic (exact) mass is 548 g/mol. The fourth-order valence-electron chi connectivity index (χ4n) is 8.12. The van der Waals surface area contributed by atoms with Crippen molar-refractivity contribution in [2.75, 3.05) is 19.6 Å². The minimum absolute atomic E-state index is 0.120. The summed E-state index contributed by atoms with van der Waals surface area (Å²) in [5.41, 5.74) is 6.09. The highest BCUT2D eigenvalue weighted by Gasteiger charge is 2.64. The third kappa shape index (κ3) is 4.03. The van der Waals surface area contributed by atoms with Crippen LogP contribution in [0, 0.1) is 11.8 Å². The molecule has 2 aliphatic heterocycles. The van der Waals surface area contributed by atoms with Crippen molar-refractivity contribution in [1.82, 2.24) is 10.2 Å². The maximum atomic E-state index is 13.5. The predicted octanol–water partition coefficient (Wildman–Crippen LogP) is 4.62. The fraction of sp³-hybridized carbons (Fsp3) is 0.400. The Morgan fingerprint density at radius 1 is 1.00 bits per heavy atom. The standard InChI is InChI=1S/C35H36N2O4/c38-26-10-7-24(8-11-26)23-5-3-21(4-6-23)15-17-36-34(40)27-12-9-25-19-29-28-13-14-30(39)33-35(28,31(25)32(27)41-33)16-18-37(29)20-22-1-2-22/h3-14,22,28-30,33,38-39H,1-2,15-20H2,(H,36,40)/t28-,29?,30-,33-,35?/m0/s1. The van der Waals surface area contributed by atoms with Gasteiger partial charge in [-0.1, -0.05) is 54.6 Å². The SMILES string of the molecule is O=C(NCCc1ccc(-c2ccc(O)cc2)cc1)c1ccc2c3c1O[C@H]1[C@@H](O)C=C[C@H]4C(C2)N(CC2CC2)CCC341. The summed E-state index contributed by atoms with van der Waals surface area (Å²) in [7, 11) is 0. The Hall–Kier alpha value is -3.61. The molecule has 3 aromatic rings. The van der Waals surface area contributed by atoms with E-state index in [-0.39, 0.29) is 23.2 Å². The highest BCUT2D eigenvalue weighted by atomic mass is 16.5. The van der Waals surface area contributed by atoms with Crippen molar-refractivity contribution in [3.8, 4) is 22.6 Å². The maximum Gasteiger partial charge on any atom is 0.255 e. The first-order valence-corrected chi connectivity index (χ1v) is 15.1. The molecule has 5 aliphatic rings. The molecule has 2 unspecified atom stereocenters. The molecule has 5 atom stereocenters. The van der Waals surface area contributed by atoms with Crippen LogP contribution in [0.2, 0.25) is 0 Å². The summed E-state index contributed by atoms with van der Waals surface area (Å²) in [4.78, 5) is 16.2. The van der Waals surface area contributed by atoms with Crippen LogP contribution in [0.3, 0.4) is 0 Å². The Labute approximate surface area is 240 Å². The van der Waals surface area contributed by atoms with Crippen molar-refractivity contribution >= 4 is 5.91 Å². The lowest BCUT2D eigenvalue weighted by Gasteiger charge is -2.57. The van der Waals surface area contributed by atoms with Crippen molar-refractivity contribution in [3.63, 3.8) is 0 Å². The molecule has 210 valence electrons. The molecular formula is C35H36N2O4. The van der Waals surface area contributed by atoms with Gasteiger partial charge in [-0.2, -0.15) is 0 Å². The van der Waals surface area contributed by atoms with Crippen molar-refractivity contribution in [1.29, 1.82) is 0 Å². The second-order valence-electron chi connectivity index (χ2n) is 12.7. The second-order valence-corrected chi connectivity index (χ2v) is 12.7. The maximum absolute atomic E-state index is 13.5. The van der Waals surface area contributed by atoms with Gasteiger partial charge < -0.3 is 20.3 Å². The number of likely N-dealkylation sites (tertiary alicyclic amines) is 1. The molecule has 0 radical (unpaired) electrons. The van der Waals surface area contributed by atoms with Crippen LogP contribution in [0.15, 0.2) is 72.8 Å². The number of ether oxygens (including phenoxy) is 1. The van der Waals surface area contributed by atoms with E-state index < -0.39 is 6.10 Å². The van der Waals surface area contributed by atoms with E-state index in [0.717, 1.165) is 48.4 Å². The van der Waals surface area contributed by atoms with Crippen LogP contribution in [0.4, 0.5) is 0 Å². The smallest absolute Gasteiger partial charge is 0.255 e. The number of phenols is 1. The summed E-state index contributed by atoms with van der Waals surface area (Å²) < 4.78 is 6.60. The lowest BCUT2D eigenvalue weighted by Crippen LogP contribution is -2.65. The number of carbonyl (C=O) groups excluding carboxylic acids is 1. The first-order chi connectivity index (χ1) is 20.0. The summed E-state index contributed by atoms with van der Waals surface area (Å²) >= 11 is 0. The van der Waals surface area contributed by atoms with Gasteiger partial charge in [-0.25, -0.2) is 0 Å². The van der Waals surface area contributed by atoms with Gasteiger partial charge in [0.2, 0.25) is 0 Å². The van der Waals surface area contributed by atoms with Crippen LogP contribution in [0.1, 0.15) is 46.3 Å². The second kappa shape index (κ2) is 9.47. The first kappa shape index (κ1) is 25.1. The molecule has 41 heavy (non-hydrogen) atoms. The molecule has 0 aromatic heterocycles. The zero-order valence-electron chi connectivity index (χ0n) is 23.1. The number of hydrogen-bond acceptors (Lipinski definition) is 5. The number of rotatable bonds is 7. The van der Waals surface area contributed by atoms with Gasteiger partial charge in [0.05, 0.1) is 5.56 Å². The molecule has 1 saturated heterocycles. The molecule has 2 fully saturated rings. The molecule has 6 heteroatoms. The molecule has 3 aliphatic carbocycles. The van der Waals surface area contributed by atoms with E-state index in [1.807, 2.05) is 24.3 Å². The number of piperidine rings is 1. The van der Waals surface area contributed by atoms with Gasteiger partial charge in [0.25, 0.3) is 5.91 Å². The number of aromatic hydroxyl groups is 1. The van der Waals surface area contributed by atoms with Crippen molar-refractivity contribution in [2.45, 2.75) is 55.8 Å². The van der Waals surface area contributed by atoms with Crippen LogP contribution in [0.5, 0.6) is 11.5 Å². The minimum atomic E-state index is -0.666. The van der Waals surface area contributed by atoms with Gasteiger partial charge in [-0.3, -0.25) is 9.69 Å². The quantitative estimate of drug-likeness (QED) is 0.376. The van der Waals surface area contributed by atoms with E-state index in [2.05, 4.69) is 46.6 Å². The van der Waals surface area contributed by atoms with E-state index in [1.165, 1.54) is 30.5 Å². The normalized spacial score (nSPS) is 29.1. The zero-order valence-corrected chi connectivity index (χ0v) is 23.1. The number of hydrogen-bond donors (Lipinski definition) is 3. The molecule has 1 amide bonds. The lowest BCUT2D eigenvalue weighted by molar-refractivity contribution is -0.0524. The number of aliphatic hydroxyl groups is 1. The molecule has 8 rings (SSSR count). The van der Waals surface area contributed by atoms with E-state index in [9.17, 15) is 15.0 Å². The van der Waals surface area contributed by atoms with Gasteiger partial charge >= 0.3 is 0 Å². The number of aliphatic hydroxyl groups excluding tert-OH is 1. The minimum Gasteiger partial charge on any atom is -0.508 e. The highest BCUT2D eigenvalue weighted by Crippen LogP contribution is 2.61. The molecule has 1 saturated carbocycles. The van der Waals surface area contributed by atoms with E-state index in [0.29, 0.717) is 29.8 Å². The number of nitrogens with zero attached hydrogens (tertiary/aromatic N) is 1. The number of amides is 1. The number of benzene rings is 3. The zero-order chi connectivity index (χ0) is 27.7. The molecule has 2 heterocycles. The van der Waals surface area contributed by atoms with Gasteiger partial charge in [0.1, 0.15) is 23.7 Å². The predicted molar refractivity (Wildman–Crippen MR) is 157 cm³/mol. The van der Waals surface area contributed by atoms with E-state index >= 15 is 0 Å². The Bertz CT molecular complexity index is 1530. The Kier molecular flexibility index (Phi) is 5.80. The Balaban J connectivity index is 1.01. The van der Waals surface area contributed by atoms with Gasteiger partial charge in [-0.05, 0) is 85.0 Å². The van der Waals surface area contributed by atoms with E-state index in [1.54, 1.807) is 12.1 Å². The molecule has 3 aromatic carbocycles. The third-order valence-electron chi connectivity index (χ3n) is 10.3. The highest BCUT2D eigenvalue weighted by molar-refractivity contribution is 5.98.